The standard InChI is InChI=1S/C21H23N5O4/c1-21(2,18(28)12-3-4-12)13-5-6-15-14(11-13)24-20(26(15)10-8-17(22)27)25-19(29)16-7-9-23-30-16/h5-7,9,11-12H,3-4,8,10H2,1-2H3,(H2,22,27)(H,24,25,29). The molecular weight excluding hydrogens is 386 g/mol. The lowest BCUT2D eigenvalue weighted by atomic mass is 9.78. The van der Waals surface area contributed by atoms with Crippen LogP contribution in [-0.2, 0) is 21.5 Å². The molecule has 0 bridgehead atoms. The van der Waals surface area contributed by atoms with Crippen molar-refractivity contribution in [3.05, 3.63) is 41.8 Å². The van der Waals surface area contributed by atoms with E-state index in [9.17, 15) is 14.4 Å². The van der Waals surface area contributed by atoms with E-state index in [-0.39, 0.29) is 36.4 Å². The molecule has 1 aliphatic carbocycles. The van der Waals surface area contributed by atoms with E-state index in [1.54, 1.807) is 4.57 Å². The van der Waals surface area contributed by atoms with Crippen molar-refractivity contribution >= 4 is 34.6 Å². The molecule has 1 aromatic carbocycles. The van der Waals surface area contributed by atoms with Gasteiger partial charge in [0.15, 0.2) is 0 Å². The summed E-state index contributed by atoms with van der Waals surface area (Å²) in [5, 5.41) is 6.22. The number of carbonyl (C=O) groups excluding carboxylic acids is 3. The number of fused-ring (bicyclic) bond motifs is 1. The second kappa shape index (κ2) is 7.40. The molecule has 9 nitrogen and oxygen atoms in total. The molecule has 3 aromatic rings. The molecule has 2 heterocycles. The lowest BCUT2D eigenvalue weighted by molar-refractivity contribution is -0.124. The van der Waals surface area contributed by atoms with Gasteiger partial charge in [-0.05, 0) is 44.4 Å². The summed E-state index contributed by atoms with van der Waals surface area (Å²) in [7, 11) is 0. The van der Waals surface area contributed by atoms with E-state index in [0.717, 1.165) is 23.9 Å². The third-order valence-corrected chi connectivity index (χ3v) is 5.50. The van der Waals surface area contributed by atoms with Gasteiger partial charge in [-0.3, -0.25) is 19.7 Å². The number of imidazole rings is 1. The number of benzene rings is 1. The van der Waals surface area contributed by atoms with Crippen molar-refractivity contribution in [1.82, 2.24) is 14.7 Å². The van der Waals surface area contributed by atoms with Gasteiger partial charge in [-0.25, -0.2) is 4.98 Å². The van der Waals surface area contributed by atoms with Crippen LogP contribution >= 0.6 is 0 Å². The van der Waals surface area contributed by atoms with Crippen LogP contribution in [0.25, 0.3) is 11.0 Å². The topological polar surface area (TPSA) is 133 Å². The van der Waals surface area contributed by atoms with Gasteiger partial charge in [0.2, 0.25) is 17.6 Å². The van der Waals surface area contributed by atoms with Crippen LogP contribution in [0.4, 0.5) is 5.95 Å². The highest BCUT2D eigenvalue weighted by atomic mass is 16.5. The van der Waals surface area contributed by atoms with Crippen LogP contribution in [0.15, 0.2) is 35.0 Å². The van der Waals surface area contributed by atoms with Crippen molar-refractivity contribution in [3.63, 3.8) is 0 Å². The third-order valence-electron chi connectivity index (χ3n) is 5.50. The van der Waals surface area contributed by atoms with Gasteiger partial charge in [0.25, 0.3) is 5.91 Å². The molecule has 0 saturated heterocycles. The average Bonchev–Trinajstić information content (AvgIpc) is 3.28. The molecule has 1 aliphatic rings. The number of rotatable bonds is 8. The van der Waals surface area contributed by atoms with Crippen LogP contribution < -0.4 is 11.1 Å². The number of aryl methyl sites for hydroxylation is 1. The summed E-state index contributed by atoms with van der Waals surface area (Å²) in [5.74, 6) is -0.296. The van der Waals surface area contributed by atoms with E-state index in [1.165, 1.54) is 12.3 Å². The minimum atomic E-state index is -0.629. The SMILES string of the molecule is CC(C)(C(=O)C1CC1)c1ccc2c(c1)nc(NC(=O)c1ccno1)n2CCC(N)=O. The fourth-order valence-electron chi connectivity index (χ4n) is 3.56. The molecule has 0 radical (unpaired) electrons. The van der Waals surface area contributed by atoms with Gasteiger partial charge in [0.1, 0.15) is 5.78 Å². The number of hydrogen-bond donors (Lipinski definition) is 2. The first-order valence-corrected chi connectivity index (χ1v) is 9.83. The molecular formula is C21H23N5O4. The first kappa shape index (κ1) is 19.8. The van der Waals surface area contributed by atoms with Gasteiger partial charge in [-0.2, -0.15) is 0 Å². The predicted molar refractivity (Wildman–Crippen MR) is 109 cm³/mol. The number of anilines is 1. The van der Waals surface area contributed by atoms with Crippen LogP contribution in [0.3, 0.4) is 0 Å². The number of nitrogens with zero attached hydrogens (tertiary/aromatic N) is 3. The van der Waals surface area contributed by atoms with Gasteiger partial charge in [-0.1, -0.05) is 11.2 Å². The molecule has 3 N–H and O–H groups in total. The Morgan fingerprint density at radius 3 is 2.67 bits per heavy atom. The molecule has 156 valence electrons. The first-order chi connectivity index (χ1) is 14.3. The van der Waals surface area contributed by atoms with E-state index < -0.39 is 17.2 Å². The van der Waals surface area contributed by atoms with Crippen molar-refractivity contribution < 1.29 is 18.9 Å². The fourth-order valence-corrected chi connectivity index (χ4v) is 3.56. The van der Waals surface area contributed by atoms with E-state index in [0.29, 0.717) is 5.52 Å². The molecule has 1 saturated carbocycles. The minimum Gasteiger partial charge on any atom is -0.370 e. The number of carbonyl (C=O) groups is 3. The fraction of sp³-hybridized carbons (Fsp3) is 0.381. The zero-order valence-corrected chi connectivity index (χ0v) is 16.8. The molecule has 0 atom stereocenters. The maximum Gasteiger partial charge on any atom is 0.296 e. The minimum absolute atomic E-state index is 0.0420. The van der Waals surface area contributed by atoms with Crippen molar-refractivity contribution in [2.24, 2.45) is 11.7 Å². The van der Waals surface area contributed by atoms with E-state index in [4.69, 9.17) is 10.3 Å². The summed E-state index contributed by atoms with van der Waals surface area (Å²) in [6.45, 7) is 4.10. The molecule has 1 fully saturated rings. The van der Waals surface area contributed by atoms with Gasteiger partial charge in [-0.15, -0.1) is 0 Å². The van der Waals surface area contributed by atoms with Crippen molar-refractivity contribution in [2.45, 2.75) is 45.1 Å². The zero-order valence-electron chi connectivity index (χ0n) is 16.8. The number of nitrogens with one attached hydrogen (secondary N) is 1. The van der Waals surface area contributed by atoms with Crippen LogP contribution in [0.5, 0.6) is 0 Å². The molecule has 0 spiro atoms. The Balaban J connectivity index is 1.71. The number of Topliss-reactive ketones (excluding diaryl/α,β-unsaturated/α-hetero) is 1. The quantitative estimate of drug-likeness (QED) is 0.587. The Morgan fingerprint density at radius 1 is 1.27 bits per heavy atom. The van der Waals surface area contributed by atoms with Gasteiger partial charge in [0.05, 0.1) is 17.2 Å². The summed E-state index contributed by atoms with van der Waals surface area (Å²) in [5.41, 5.74) is 6.88. The van der Waals surface area contributed by atoms with Gasteiger partial charge >= 0.3 is 0 Å². The Kier molecular flexibility index (Phi) is 4.89. The highest BCUT2D eigenvalue weighted by molar-refractivity contribution is 6.02. The second-order valence-electron chi connectivity index (χ2n) is 8.10. The summed E-state index contributed by atoms with van der Waals surface area (Å²) in [6.07, 6.45) is 3.36. The number of nitrogens with two attached hydrogens (primary N) is 1. The maximum atomic E-state index is 12.7. The Labute approximate surface area is 172 Å². The molecule has 0 aliphatic heterocycles. The molecule has 4 rings (SSSR count). The molecule has 30 heavy (non-hydrogen) atoms. The lowest BCUT2D eigenvalue weighted by Crippen LogP contribution is -2.30. The zero-order chi connectivity index (χ0) is 21.5. The number of hydrogen-bond acceptors (Lipinski definition) is 6. The van der Waals surface area contributed by atoms with Crippen molar-refractivity contribution in [3.8, 4) is 0 Å². The highest BCUT2D eigenvalue weighted by Gasteiger charge is 2.40. The maximum absolute atomic E-state index is 12.7. The van der Waals surface area contributed by atoms with Gasteiger partial charge < -0.3 is 14.8 Å². The smallest absolute Gasteiger partial charge is 0.296 e. The summed E-state index contributed by atoms with van der Waals surface area (Å²) < 4.78 is 6.60. The van der Waals surface area contributed by atoms with Gasteiger partial charge in [0, 0.05) is 30.4 Å². The number of amides is 2. The molecule has 2 aromatic heterocycles. The van der Waals surface area contributed by atoms with Crippen LogP contribution in [-0.4, -0.2) is 32.3 Å². The number of primary amides is 1. The van der Waals surface area contributed by atoms with Crippen LogP contribution in [0.2, 0.25) is 0 Å². The number of ketones is 1. The second-order valence-corrected chi connectivity index (χ2v) is 8.10. The lowest BCUT2D eigenvalue weighted by Gasteiger charge is -2.23. The number of aromatic nitrogens is 3. The molecule has 2 amide bonds. The largest absolute Gasteiger partial charge is 0.370 e. The predicted octanol–water partition coefficient (Wildman–Crippen LogP) is 2.41. The summed E-state index contributed by atoms with van der Waals surface area (Å²) in [6, 6.07) is 7.05. The van der Waals surface area contributed by atoms with Crippen LogP contribution in [0.1, 0.15) is 49.2 Å². The first-order valence-electron chi connectivity index (χ1n) is 9.83. The summed E-state index contributed by atoms with van der Waals surface area (Å²) >= 11 is 0. The van der Waals surface area contributed by atoms with E-state index in [2.05, 4.69) is 15.5 Å². The normalized spacial score (nSPS) is 14.1. The van der Waals surface area contributed by atoms with Crippen molar-refractivity contribution in [1.29, 1.82) is 0 Å². The molecule has 9 heteroatoms. The Hall–Kier alpha value is -3.49. The van der Waals surface area contributed by atoms with Crippen LogP contribution in [0, 0.1) is 5.92 Å². The van der Waals surface area contributed by atoms with E-state index in [1.807, 2.05) is 32.0 Å². The van der Waals surface area contributed by atoms with Crippen molar-refractivity contribution in [2.75, 3.05) is 5.32 Å². The van der Waals surface area contributed by atoms with E-state index >= 15 is 0 Å². The monoisotopic (exact) mass is 409 g/mol. The Bertz CT molecular complexity index is 1130. The third kappa shape index (κ3) is 3.70. The average molecular weight is 409 g/mol. The summed E-state index contributed by atoms with van der Waals surface area (Å²) in [4.78, 5) is 41.0. The molecule has 0 unspecified atom stereocenters. The Morgan fingerprint density at radius 2 is 2.03 bits per heavy atom. The highest BCUT2D eigenvalue weighted by Crippen LogP contribution is 2.39.